The van der Waals surface area contributed by atoms with E-state index in [0.29, 0.717) is 6.42 Å². The zero-order valence-corrected chi connectivity index (χ0v) is 16.2. The molecule has 1 aliphatic heterocycles. The third-order valence-electron chi connectivity index (χ3n) is 5.31. The van der Waals surface area contributed by atoms with Crippen molar-refractivity contribution in [3.05, 3.63) is 34.9 Å². The molecule has 1 amide bonds. The van der Waals surface area contributed by atoms with Crippen LogP contribution < -0.4 is 10.6 Å². The molecule has 2 atom stereocenters. The third kappa shape index (κ3) is 3.67. The second-order valence-corrected chi connectivity index (χ2v) is 6.90. The summed E-state index contributed by atoms with van der Waals surface area (Å²) in [7, 11) is 2.02. The number of aryl methyl sites for hydroxylation is 3. The molecule has 1 saturated heterocycles. The Kier molecular flexibility index (Phi) is 5.76. The van der Waals surface area contributed by atoms with E-state index >= 15 is 0 Å². The van der Waals surface area contributed by atoms with Gasteiger partial charge in [0.2, 0.25) is 5.91 Å². The third-order valence-corrected chi connectivity index (χ3v) is 5.31. The van der Waals surface area contributed by atoms with E-state index in [2.05, 4.69) is 41.6 Å². The van der Waals surface area contributed by atoms with Gasteiger partial charge < -0.3 is 10.6 Å². The molecule has 2 aromatic rings. The highest BCUT2D eigenvalue weighted by Gasteiger charge is 2.31. The maximum atomic E-state index is 12.0. The second kappa shape index (κ2) is 8.03. The molecule has 0 bridgehead atoms. The lowest BCUT2D eigenvalue weighted by molar-refractivity contribution is -0.123. The van der Waals surface area contributed by atoms with Gasteiger partial charge in [0.05, 0.1) is 17.9 Å². The van der Waals surface area contributed by atoms with Crippen LogP contribution in [0, 0.1) is 0 Å². The van der Waals surface area contributed by atoms with Crippen LogP contribution in [0.1, 0.15) is 62.2 Å². The van der Waals surface area contributed by atoms with Gasteiger partial charge in [0, 0.05) is 55.6 Å². The maximum absolute atomic E-state index is 12.0. The zero-order chi connectivity index (χ0) is 18.7. The lowest BCUT2D eigenvalue weighted by atomic mass is 9.93. The van der Waals surface area contributed by atoms with E-state index < -0.39 is 0 Å². The standard InChI is InChI=1S/C19H30N6O/c1-5-15-14(17(6-2)24(4)23-15)11-20-16-8-9-18(26)22-19(16)13-10-21-25(7-3)12-13/h10,12,16,19-20H,5-9,11H2,1-4H3,(H,22,26)/t16-,19+/m1/s1. The van der Waals surface area contributed by atoms with E-state index in [1.807, 2.05) is 28.8 Å². The number of carbonyl (C=O) groups excluding carboxylic acids is 1. The number of carbonyl (C=O) groups is 1. The highest BCUT2D eigenvalue weighted by Crippen LogP contribution is 2.25. The van der Waals surface area contributed by atoms with E-state index in [1.165, 1.54) is 11.3 Å². The molecule has 142 valence electrons. The van der Waals surface area contributed by atoms with Crippen molar-refractivity contribution in [1.82, 2.24) is 30.2 Å². The first kappa shape index (κ1) is 18.6. The highest BCUT2D eigenvalue weighted by atomic mass is 16.1. The highest BCUT2D eigenvalue weighted by molar-refractivity contribution is 5.77. The van der Waals surface area contributed by atoms with Crippen LogP contribution in [0.5, 0.6) is 0 Å². The molecule has 0 unspecified atom stereocenters. The number of nitrogens with zero attached hydrogens (tertiary/aromatic N) is 4. The van der Waals surface area contributed by atoms with Gasteiger partial charge >= 0.3 is 0 Å². The van der Waals surface area contributed by atoms with Gasteiger partial charge in [-0.15, -0.1) is 0 Å². The number of nitrogens with one attached hydrogen (secondary N) is 2. The van der Waals surface area contributed by atoms with Crippen LogP contribution in [0.4, 0.5) is 0 Å². The van der Waals surface area contributed by atoms with E-state index in [9.17, 15) is 4.79 Å². The van der Waals surface area contributed by atoms with Gasteiger partial charge in [-0.2, -0.15) is 10.2 Å². The Morgan fingerprint density at radius 2 is 2.12 bits per heavy atom. The van der Waals surface area contributed by atoms with Gasteiger partial charge in [0.1, 0.15) is 0 Å². The van der Waals surface area contributed by atoms with Gasteiger partial charge in [-0.25, -0.2) is 0 Å². The summed E-state index contributed by atoms with van der Waals surface area (Å²) in [6.07, 6.45) is 7.19. The Labute approximate surface area is 155 Å². The Bertz CT molecular complexity index is 762. The van der Waals surface area contributed by atoms with Crippen molar-refractivity contribution in [2.45, 2.75) is 71.6 Å². The van der Waals surface area contributed by atoms with Crippen molar-refractivity contribution in [2.24, 2.45) is 7.05 Å². The molecule has 0 spiro atoms. The summed E-state index contributed by atoms with van der Waals surface area (Å²) in [5.41, 5.74) is 4.81. The van der Waals surface area contributed by atoms with Gasteiger partial charge in [-0.1, -0.05) is 13.8 Å². The first-order valence-corrected chi connectivity index (χ1v) is 9.66. The fourth-order valence-electron chi connectivity index (χ4n) is 3.88. The molecule has 0 radical (unpaired) electrons. The second-order valence-electron chi connectivity index (χ2n) is 6.90. The summed E-state index contributed by atoms with van der Waals surface area (Å²) >= 11 is 0. The zero-order valence-electron chi connectivity index (χ0n) is 16.2. The van der Waals surface area contributed by atoms with E-state index in [0.717, 1.165) is 43.6 Å². The van der Waals surface area contributed by atoms with Crippen LogP contribution >= 0.6 is 0 Å². The van der Waals surface area contributed by atoms with Crippen LogP contribution in [-0.4, -0.2) is 31.5 Å². The Morgan fingerprint density at radius 1 is 1.31 bits per heavy atom. The van der Waals surface area contributed by atoms with Crippen LogP contribution in [0.3, 0.4) is 0 Å². The van der Waals surface area contributed by atoms with Gasteiger partial charge in [-0.05, 0) is 26.2 Å². The summed E-state index contributed by atoms with van der Waals surface area (Å²) in [5, 5.41) is 15.9. The molecule has 7 nitrogen and oxygen atoms in total. The van der Waals surface area contributed by atoms with Crippen LogP contribution in [0.15, 0.2) is 12.4 Å². The topological polar surface area (TPSA) is 76.8 Å². The summed E-state index contributed by atoms with van der Waals surface area (Å²) < 4.78 is 3.90. The van der Waals surface area contributed by atoms with Crippen LogP contribution in [0.2, 0.25) is 0 Å². The first-order chi connectivity index (χ1) is 12.6. The van der Waals surface area contributed by atoms with Crippen LogP contribution in [0.25, 0.3) is 0 Å². The molecule has 2 N–H and O–H groups in total. The van der Waals surface area contributed by atoms with Gasteiger partial charge in [0.25, 0.3) is 0 Å². The minimum Gasteiger partial charge on any atom is -0.348 e. The number of amides is 1. The fraction of sp³-hybridized carbons (Fsp3) is 0.632. The predicted octanol–water partition coefficient (Wildman–Crippen LogP) is 1.87. The van der Waals surface area contributed by atoms with E-state index in [-0.39, 0.29) is 18.0 Å². The minimum atomic E-state index is -0.0385. The van der Waals surface area contributed by atoms with Crippen molar-refractivity contribution >= 4 is 5.91 Å². The fourth-order valence-corrected chi connectivity index (χ4v) is 3.88. The van der Waals surface area contributed by atoms with Crippen molar-refractivity contribution in [3.63, 3.8) is 0 Å². The quantitative estimate of drug-likeness (QED) is 0.792. The molecule has 3 heterocycles. The minimum absolute atomic E-state index is 0.0385. The van der Waals surface area contributed by atoms with Crippen molar-refractivity contribution in [1.29, 1.82) is 0 Å². The molecule has 0 saturated carbocycles. The molecule has 26 heavy (non-hydrogen) atoms. The SMILES string of the molecule is CCc1nn(C)c(CC)c1CN[C@@H]1CCC(=O)N[C@H]1c1cnn(CC)c1. The van der Waals surface area contributed by atoms with Gasteiger partial charge in [0.15, 0.2) is 0 Å². The van der Waals surface area contributed by atoms with Crippen LogP contribution in [-0.2, 0) is 37.8 Å². The molecule has 7 heteroatoms. The summed E-state index contributed by atoms with van der Waals surface area (Å²) in [5.74, 6) is 0.113. The van der Waals surface area contributed by atoms with Crippen molar-refractivity contribution < 1.29 is 4.79 Å². The van der Waals surface area contributed by atoms with Crippen molar-refractivity contribution in [3.8, 4) is 0 Å². The van der Waals surface area contributed by atoms with Gasteiger partial charge in [-0.3, -0.25) is 14.2 Å². The van der Waals surface area contributed by atoms with E-state index in [1.54, 1.807) is 0 Å². The maximum Gasteiger partial charge on any atom is 0.220 e. The average molecular weight is 358 g/mol. The molecule has 1 aliphatic rings. The molecular weight excluding hydrogens is 328 g/mol. The Morgan fingerprint density at radius 3 is 2.77 bits per heavy atom. The molecular formula is C19H30N6O. The monoisotopic (exact) mass is 358 g/mol. The van der Waals surface area contributed by atoms with Crippen molar-refractivity contribution in [2.75, 3.05) is 0 Å². The number of hydrogen-bond donors (Lipinski definition) is 2. The number of hydrogen-bond acceptors (Lipinski definition) is 4. The number of rotatable bonds is 7. The normalized spacial score (nSPS) is 20.4. The summed E-state index contributed by atoms with van der Waals surface area (Å²) in [6.45, 7) is 7.98. The van der Waals surface area contributed by atoms with E-state index in [4.69, 9.17) is 0 Å². The molecule has 0 aromatic carbocycles. The smallest absolute Gasteiger partial charge is 0.220 e. The summed E-state index contributed by atoms with van der Waals surface area (Å²) in [6, 6.07) is 0.153. The largest absolute Gasteiger partial charge is 0.348 e. The molecule has 2 aromatic heterocycles. The number of piperidine rings is 1. The Hall–Kier alpha value is -2.15. The first-order valence-electron chi connectivity index (χ1n) is 9.66. The predicted molar refractivity (Wildman–Crippen MR) is 101 cm³/mol. The lowest BCUT2D eigenvalue weighted by Crippen LogP contribution is -2.48. The molecule has 3 rings (SSSR count). The molecule has 0 aliphatic carbocycles. The summed E-state index contributed by atoms with van der Waals surface area (Å²) in [4.78, 5) is 12.0. The lowest BCUT2D eigenvalue weighted by Gasteiger charge is -2.32. The average Bonchev–Trinajstić information content (AvgIpc) is 3.24. The Balaban J connectivity index is 1.78. The molecule has 1 fully saturated rings. The number of aromatic nitrogens is 4.